The highest BCUT2D eigenvalue weighted by Crippen LogP contribution is 2.42. The zero-order chi connectivity index (χ0) is 13.4. The maximum absolute atomic E-state index is 13.7. The van der Waals surface area contributed by atoms with Gasteiger partial charge in [0.1, 0.15) is 5.82 Å². The number of esters is 1. The van der Waals surface area contributed by atoms with Gasteiger partial charge in [0, 0.05) is 15.6 Å². The van der Waals surface area contributed by atoms with Gasteiger partial charge in [-0.1, -0.05) is 15.9 Å². The largest absolute Gasteiger partial charge is 0.465 e. The second-order valence-corrected chi connectivity index (χ2v) is 4.65. The SMILES string of the molecule is COC(=O)c1c(F)cc(Br)c2c1CCC2=C(F)F. The van der Waals surface area contributed by atoms with Gasteiger partial charge >= 0.3 is 5.97 Å². The Morgan fingerprint density at radius 1 is 1.39 bits per heavy atom. The topological polar surface area (TPSA) is 26.3 Å². The number of benzene rings is 1. The number of ether oxygens (including phenoxy) is 1. The van der Waals surface area contributed by atoms with Crippen LogP contribution < -0.4 is 0 Å². The van der Waals surface area contributed by atoms with Gasteiger partial charge in [-0.05, 0) is 24.5 Å². The molecule has 0 saturated heterocycles. The molecule has 18 heavy (non-hydrogen) atoms. The Balaban J connectivity index is 2.75. The number of allylic oxidation sites excluding steroid dienone is 1. The summed E-state index contributed by atoms with van der Waals surface area (Å²) in [5.74, 6) is -1.62. The molecule has 1 aromatic carbocycles. The molecule has 0 spiro atoms. The van der Waals surface area contributed by atoms with Crippen molar-refractivity contribution in [2.45, 2.75) is 12.8 Å². The van der Waals surface area contributed by atoms with Gasteiger partial charge in [-0.3, -0.25) is 0 Å². The summed E-state index contributed by atoms with van der Waals surface area (Å²) in [6, 6.07) is 1.01. The highest BCUT2D eigenvalue weighted by molar-refractivity contribution is 9.10. The average Bonchev–Trinajstić information content (AvgIpc) is 2.73. The van der Waals surface area contributed by atoms with Crippen molar-refractivity contribution in [3.8, 4) is 0 Å². The van der Waals surface area contributed by atoms with Crippen molar-refractivity contribution in [3.05, 3.63) is 39.1 Å². The Labute approximate surface area is 110 Å². The van der Waals surface area contributed by atoms with E-state index in [0.29, 0.717) is 0 Å². The molecule has 0 unspecified atom stereocenters. The van der Waals surface area contributed by atoms with Crippen LogP contribution in [-0.2, 0) is 11.2 Å². The highest BCUT2D eigenvalue weighted by atomic mass is 79.9. The van der Waals surface area contributed by atoms with E-state index in [2.05, 4.69) is 20.7 Å². The highest BCUT2D eigenvalue weighted by Gasteiger charge is 2.30. The molecule has 0 heterocycles. The summed E-state index contributed by atoms with van der Waals surface area (Å²) < 4.78 is 44.0. The molecule has 0 bridgehead atoms. The van der Waals surface area contributed by atoms with Crippen molar-refractivity contribution in [2.24, 2.45) is 0 Å². The van der Waals surface area contributed by atoms with Crippen molar-refractivity contribution in [3.63, 3.8) is 0 Å². The average molecular weight is 321 g/mol. The Morgan fingerprint density at radius 2 is 2.06 bits per heavy atom. The summed E-state index contributed by atoms with van der Waals surface area (Å²) >= 11 is 3.05. The van der Waals surface area contributed by atoms with Crippen LogP contribution in [0.1, 0.15) is 27.9 Å². The molecule has 0 saturated carbocycles. The fraction of sp³-hybridized carbons (Fsp3) is 0.250. The van der Waals surface area contributed by atoms with Crippen LogP contribution in [0.25, 0.3) is 5.57 Å². The summed E-state index contributed by atoms with van der Waals surface area (Å²) in [6.07, 6.45) is -1.52. The molecule has 96 valence electrons. The van der Waals surface area contributed by atoms with Gasteiger partial charge in [0.2, 0.25) is 0 Å². The molecule has 1 aliphatic rings. The summed E-state index contributed by atoms with van der Waals surface area (Å²) in [7, 11) is 1.12. The van der Waals surface area contributed by atoms with E-state index in [1.54, 1.807) is 0 Å². The number of carbonyl (C=O) groups is 1. The quantitative estimate of drug-likeness (QED) is 0.733. The number of hydrogen-bond donors (Lipinski definition) is 0. The minimum Gasteiger partial charge on any atom is -0.465 e. The molecule has 1 aromatic rings. The number of methoxy groups -OCH3 is 1. The minimum absolute atomic E-state index is 0.0870. The van der Waals surface area contributed by atoms with Crippen LogP contribution in [0, 0.1) is 5.82 Å². The lowest BCUT2D eigenvalue weighted by Crippen LogP contribution is -2.09. The van der Waals surface area contributed by atoms with Crippen LogP contribution in [0.15, 0.2) is 16.6 Å². The summed E-state index contributed by atoms with van der Waals surface area (Å²) in [5.41, 5.74) is 0.0716. The molecule has 0 aromatic heterocycles. The molecular formula is C12H8BrF3O2. The van der Waals surface area contributed by atoms with Crippen molar-refractivity contribution >= 4 is 27.5 Å². The normalized spacial score (nSPS) is 13.5. The zero-order valence-electron chi connectivity index (χ0n) is 9.32. The van der Waals surface area contributed by atoms with Gasteiger partial charge in [-0.15, -0.1) is 0 Å². The van der Waals surface area contributed by atoms with Crippen molar-refractivity contribution < 1.29 is 22.7 Å². The third-order valence-corrected chi connectivity index (χ3v) is 3.50. The Kier molecular flexibility index (Phi) is 3.47. The third-order valence-electron chi connectivity index (χ3n) is 2.88. The molecule has 0 aliphatic heterocycles. The second kappa shape index (κ2) is 4.76. The zero-order valence-corrected chi connectivity index (χ0v) is 10.9. The first-order chi connectivity index (χ1) is 8.47. The van der Waals surface area contributed by atoms with Crippen LogP contribution in [-0.4, -0.2) is 13.1 Å². The number of carbonyl (C=O) groups excluding carboxylic acids is 1. The predicted molar refractivity (Wildman–Crippen MR) is 62.9 cm³/mol. The first-order valence-electron chi connectivity index (χ1n) is 5.11. The number of halogens is 4. The molecule has 0 radical (unpaired) electrons. The van der Waals surface area contributed by atoms with Gasteiger partial charge < -0.3 is 4.74 Å². The van der Waals surface area contributed by atoms with Crippen molar-refractivity contribution in [2.75, 3.05) is 7.11 Å². The first kappa shape index (κ1) is 13.1. The number of rotatable bonds is 1. The molecule has 2 nitrogen and oxygen atoms in total. The molecule has 2 rings (SSSR count). The third kappa shape index (κ3) is 1.94. The smallest absolute Gasteiger partial charge is 0.341 e. The molecule has 1 aliphatic carbocycles. The number of fused-ring (bicyclic) bond motifs is 1. The van der Waals surface area contributed by atoms with Gasteiger partial charge in [-0.25, -0.2) is 9.18 Å². The molecule has 6 heteroatoms. The lowest BCUT2D eigenvalue weighted by molar-refractivity contribution is 0.0594. The maximum atomic E-state index is 13.7. The maximum Gasteiger partial charge on any atom is 0.341 e. The molecular weight excluding hydrogens is 313 g/mol. The van der Waals surface area contributed by atoms with E-state index in [-0.39, 0.29) is 39.6 Å². The minimum atomic E-state index is -1.81. The summed E-state index contributed by atoms with van der Waals surface area (Å²) in [4.78, 5) is 11.5. The van der Waals surface area contributed by atoms with Crippen molar-refractivity contribution in [1.82, 2.24) is 0 Å². The van der Waals surface area contributed by atoms with E-state index >= 15 is 0 Å². The fourth-order valence-electron chi connectivity index (χ4n) is 2.13. The Bertz CT molecular complexity index is 563. The number of hydrogen-bond acceptors (Lipinski definition) is 2. The fourth-order valence-corrected chi connectivity index (χ4v) is 2.81. The monoisotopic (exact) mass is 320 g/mol. The van der Waals surface area contributed by atoms with Crippen molar-refractivity contribution in [1.29, 1.82) is 0 Å². The molecule has 0 fully saturated rings. The van der Waals surface area contributed by atoms with E-state index in [9.17, 15) is 18.0 Å². The van der Waals surface area contributed by atoms with Gasteiger partial charge in [0.15, 0.2) is 0 Å². The van der Waals surface area contributed by atoms with E-state index in [1.165, 1.54) is 0 Å². The van der Waals surface area contributed by atoms with Crippen LogP contribution in [0.2, 0.25) is 0 Å². The lowest BCUT2D eigenvalue weighted by Gasteiger charge is -2.10. The molecule has 0 atom stereocenters. The van der Waals surface area contributed by atoms with E-state index in [0.717, 1.165) is 13.2 Å². The Morgan fingerprint density at radius 3 is 2.61 bits per heavy atom. The van der Waals surface area contributed by atoms with E-state index in [1.807, 2.05) is 0 Å². The van der Waals surface area contributed by atoms with Crippen LogP contribution in [0.3, 0.4) is 0 Å². The lowest BCUT2D eigenvalue weighted by atomic mass is 10.0. The first-order valence-corrected chi connectivity index (χ1v) is 5.90. The Hall–Kier alpha value is -1.30. The summed E-state index contributed by atoms with van der Waals surface area (Å²) in [6.45, 7) is 0. The van der Waals surface area contributed by atoms with Gasteiger partial charge in [-0.2, -0.15) is 8.78 Å². The van der Waals surface area contributed by atoms with Crippen LogP contribution in [0.5, 0.6) is 0 Å². The van der Waals surface area contributed by atoms with Crippen LogP contribution in [0.4, 0.5) is 13.2 Å². The van der Waals surface area contributed by atoms with E-state index < -0.39 is 17.9 Å². The predicted octanol–water partition coefficient (Wildman–Crippen LogP) is 3.93. The van der Waals surface area contributed by atoms with E-state index in [4.69, 9.17) is 0 Å². The van der Waals surface area contributed by atoms with Gasteiger partial charge in [0.05, 0.1) is 12.7 Å². The summed E-state index contributed by atoms with van der Waals surface area (Å²) in [5, 5.41) is 0. The molecule has 0 N–H and O–H groups in total. The van der Waals surface area contributed by atoms with Crippen LogP contribution >= 0.6 is 15.9 Å². The molecule has 0 amide bonds. The van der Waals surface area contributed by atoms with Gasteiger partial charge in [0.25, 0.3) is 6.08 Å². The second-order valence-electron chi connectivity index (χ2n) is 3.80. The standard InChI is InChI=1S/C12H8BrF3O2/c1-18-12(17)10-5-2-3-6(11(15)16)9(5)7(13)4-8(10)14/h4H,2-3H2,1H3.